The SMILES string of the molecule is CCCCCCCCCCCC/C=C\CCCCCCCCCC(=O)NC(CO)C(O)CCCCCCCCCCCCCCCCCCCCCCC. The van der Waals surface area contributed by atoms with Crippen LogP contribution in [0.4, 0.5) is 0 Å². The van der Waals surface area contributed by atoms with Crippen LogP contribution >= 0.6 is 0 Å². The molecule has 0 aromatic carbocycles. The van der Waals surface area contributed by atoms with Gasteiger partial charge in [-0.05, 0) is 38.5 Å². The lowest BCUT2D eigenvalue weighted by Crippen LogP contribution is -2.45. The Morgan fingerprint density at radius 2 is 0.704 bits per heavy atom. The number of nitrogens with one attached hydrogen (secondary N) is 1. The lowest BCUT2D eigenvalue weighted by molar-refractivity contribution is -0.123. The van der Waals surface area contributed by atoms with Crippen LogP contribution in [0.3, 0.4) is 0 Å². The zero-order valence-corrected chi connectivity index (χ0v) is 37.0. The molecule has 0 radical (unpaired) electrons. The molecule has 0 aromatic rings. The second-order valence-corrected chi connectivity index (χ2v) is 17.2. The lowest BCUT2D eigenvalue weighted by Gasteiger charge is -2.22. The van der Waals surface area contributed by atoms with Crippen molar-refractivity contribution < 1.29 is 15.0 Å². The number of aliphatic hydroxyl groups is 2. The first-order valence-corrected chi connectivity index (χ1v) is 24.9. The zero-order valence-electron chi connectivity index (χ0n) is 37.0. The van der Waals surface area contributed by atoms with Crippen molar-refractivity contribution in [2.75, 3.05) is 6.61 Å². The van der Waals surface area contributed by atoms with Crippen LogP contribution in [0, 0.1) is 0 Å². The van der Waals surface area contributed by atoms with Crippen LogP contribution in [0.5, 0.6) is 0 Å². The van der Waals surface area contributed by atoms with Crippen molar-refractivity contribution >= 4 is 5.91 Å². The Balaban J connectivity index is 3.47. The van der Waals surface area contributed by atoms with E-state index < -0.39 is 12.1 Å². The maximum Gasteiger partial charge on any atom is 0.220 e. The molecular formula is C50H99NO3. The van der Waals surface area contributed by atoms with E-state index >= 15 is 0 Å². The van der Waals surface area contributed by atoms with Crippen molar-refractivity contribution in [3.8, 4) is 0 Å². The summed E-state index contributed by atoms with van der Waals surface area (Å²) in [4.78, 5) is 12.4. The molecule has 2 unspecified atom stereocenters. The standard InChI is InChI=1S/C50H99NO3/c1-3-5-7-9-11-13-15-17-19-21-23-25-27-29-31-33-35-37-39-41-43-45-49(53)48(47-52)51-50(54)46-44-42-40-38-36-34-32-30-28-26-24-22-20-18-16-14-12-10-8-6-4-2/h26,28,48-49,52-53H,3-25,27,29-47H2,1-2H3,(H,51,54)/b28-26-. The Labute approximate surface area is 339 Å². The van der Waals surface area contributed by atoms with Crippen LogP contribution in [-0.2, 0) is 4.79 Å². The van der Waals surface area contributed by atoms with Crippen molar-refractivity contribution in [3.63, 3.8) is 0 Å². The van der Waals surface area contributed by atoms with Gasteiger partial charge in [0.05, 0.1) is 18.8 Å². The smallest absolute Gasteiger partial charge is 0.220 e. The van der Waals surface area contributed by atoms with E-state index in [2.05, 4.69) is 31.3 Å². The second kappa shape index (κ2) is 46.5. The molecule has 0 aliphatic heterocycles. The number of carbonyl (C=O) groups excluding carboxylic acids is 1. The maximum atomic E-state index is 12.4. The minimum Gasteiger partial charge on any atom is -0.394 e. The molecule has 54 heavy (non-hydrogen) atoms. The van der Waals surface area contributed by atoms with Gasteiger partial charge in [0.25, 0.3) is 0 Å². The summed E-state index contributed by atoms with van der Waals surface area (Å²) in [5, 5.41) is 23.3. The number of rotatable bonds is 46. The molecule has 0 aromatic heterocycles. The van der Waals surface area contributed by atoms with E-state index in [4.69, 9.17) is 0 Å². The molecule has 0 bridgehead atoms. The Kier molecular flexibility index (Phi) is 45.8. The number of unbranched alkanes of at least 4 members (excludes halogenated alkanes) is 37. The van der Waals surface area contributed by atoms with Gasteiger partial charge in [-0.2, -0.15) is 0 Å². The molecule has 0 spiro atoms. The molecule has 322 valence electrons. The summed E-state index contributed by atoms with van der Waals surface area (Å²) in [5.41, 5.74) is 0. The molecule has 0 aliphatic rings. The average Bonchev–Trinajstić information content (AvgIpc) is 3.18. The molecule has 0 heterocycles. The predicted octanol–water partition coefficient (Wildman–Crippen LogP) is 15.8. The topological polar surface area (TPSA) is 69.6 Å². The molecule has 1 amide bonds. The molecule has 0 saturated heterocycles. The van der Waals surface area contributed by atoms with Gasteiger partial charge in [0.15, 0.2) is 0 Å². The predicted molar refractivity (Wildman–Crippen MR) is 239 cm³/mol. The van der Waals surface area contributed by atoms with Gasteiger partial charge >= 0.3 is 0 Å². The molecule has 2 atom stereocenters. The van der Waals surface area contributed by atoms with Crippen molar-refractivity contribution in [3.05, 3.63) is 12.2 Å². The van der Waals surface area contributed by atoms with Crippen molar-refractivity contribution in [1.29, 1.82) is 0 Å². The van der Waals surface area contributed by atoms with E-state index in [-0.39, 0.29) is 12.5 Å². The third-order valence-electron chi connectivity index (χ3n) is 11.8. The van der Waals surface area contributed by atoms with Gasteiger partial charge in [-0.3, -0.25) is 4.79 Å². The number of amides is 1. The number of hydrogen-bond acceptors (Lipinski definition) is 3. The maximum absolute atomic E-state index is 12.4. The van der Waals surface area contributed by atoms with Crippen LogP contribution in [0.25, 0.3) is 0 Å². The third kappa shape index (κ3) is 42.3. The van der Waals surface area contributed by atoms with E-state index in [9.17, 15) is 15.0 Å². The molecule has 3 N–H and O–H groups in total. The molecule has 0 saturated carbocycles. The van der Waals surface area contributed by atoms with Gasteiger partial charge < -0.3 is 15.5 Å². The Morgan fingerprint density at radius 3 is 1.02 bits per heavy atom. The van der Waals surface area contributed by atoms with E-state index in [1.165, 1.54) is 231 Å². The van der Waals surface area contributed by atoms with Gasteiger partial charge in [0.1, 0.15) is 0 Å². The van der Waals surface area contributed by atoms with E-state index in [1.807, 2.05) is 0 Å². The Morgan fingerprint density at radius 1 is 0.426 bits per heavy atom. The van der Waals surface area contributed by atoms with Gasteiger partial charge in [-0.25, -0.2) is 0 Å². The molecule has 4 nitrogen and oxygen atoms in total. The summed E-state index contributed by atoms with van der Waals surface area (Å²) in [6, 6.07) is -0.536. The summed E-state index contributed by atoms with van der Waals surface area (Å²) in [6.45, 7) is 4.39. The zero-order chi connectivity index (χ0) is 39.3. The first-order valence-electron chi connectivity index (χ1n) is 24.9. The fourth-order valence-electron chi connectivity index (χ4n) is 7.95. The Hall–Kier alpha value is -0.870. The van der Waals surface area contributed by atoms with Crippen LogP contribution in [-0.4, -0.2) is 34.9 Å². The first-order chi connectivity index (χ1) is 26.7. The highest BCUT2D eigenvalue weighted by atomic mass is 16.3. The van der Waals surface area contributed by atoms with Crippen molar-refractivity contribution in [2.24, 2.45) is 0 Å². The van der Waals surface area contributed by atoms with Crippen LogP contribution < -0.4 is 5.32 Å². The van der Waals surface area contributed by atoms with Crippen LogP contribution in [0.1, 0.15) is 284 Å². The molecular weight excluding hydrogens is 663 g/mol. The highest BCUT2D eigenvalue weighted by Gasteiger charge is 2.20. The van der Waals surface area contributed by atoms with E-state index in [0.29, 0.717) is 12.8 Å². The number of allylic oxidation sites excluding steroid dienone is 2. The highest BCUT2D eigenvalue weighted by Crippen LogP contribution is 2.17. The second-order valence-electron chi connectivity index (χ2n) is 17.2. The number of aliphatic hydroxyl groups excluding tert-OH is 2. The fourth-order valence-corrected chi connectivity index (χ4v) is 7.95. The summed E-state index contributed by atoms with van der Waals surface area (Å²) >= 11 is 0. The number of carbonyl (C=O) groups is 1. The summed E-state index contributed by atoms with van der Waals surface area (Å²) in [7, 11) is 0. The molecule has 0 rings (SSSR count). The fraction of sp³-hybridized carbons (Fsp3) is 0.940. The third-order valence-corrected chi connectivity index (χ3v) is 11.8. The molecule has 0 fully saturated rings. The highest BCUT2D eigenvalue weighted by molar-refractivity contribution is 5.76. The monoisotopic (exact) mass is 762 g/mol. The summed E-state index contributed by atoms with van der Waals surface area (Å²) < 4.78 is 0. The van der Waals surface area contributed by atoms with Crippen molar-refractivity contribution in [1.82, 2.24) is 5.32 Å². The van der Waals surface area contributed by atoms with Crippen LogP contribution in [0.15, 0.2) is 12.2 Å². The number of hydrogen-bond donors (Lipinski definition) is 3. The minimum absolute atomic E-state index is 0.0310. The molecule has 0 aliphatic carbocycles. The summed E-state index contributed by atoms with van der Waals surface area (Å²) in [5.74, 6) is -0.0310. The van der Waals surface area contributed by atoms with Crippen LogP contribution in [0.2, 0.25) is 0 Å². The van der Waals surface area contributed by atoms with Gasteiger partial charge in [0.2, 0.25) is 5.91 Å². The normalized spacial score (nSPS) is 12.9. The quantitative estimate of drug-likeness (QED) is 0.0427. The van der Waals surface area contributed by atoms with E-state index in [0.717, 1.165) is 25.7 Å². The molecule has 4 heteroatoms. The average molecular weight is 762 g/mol. The minimum atomic E-state index is -0.658. The van der Waals surface area contributed by atoms with E-state index in [1.54, 1.807) is 0 Å². The summed E-state index contributed by atoms with van der Waals surface area (Å²) in [6.07, 6.45) is 58.8. The lowest BCUT2D eigenvalue weighted by atomic mass is 10.0. The van der Waals surface area contributed by atoms with Crippen molar-refractivity contribution in [2.45, 2.75) is 296 Å². The Bertz CT molecular complexity index is 739. The largest absolute Gasteiger partial charge is 0.394 e. The first kappa shape index (κ1) is 53.1. The van der Waals surface area contributed by atoms with Gasteiger partial charge in [-0.15, -0.1) is 0 Å². The van der Waals surface area contributed by atoms with Gasteiger partial charge in [0, 0.05) is 6.42 Å². The van der Waals surface area contributed by atoms with Gasteiger partial charge in [-0.1, -0.05) is 251 Å².